The Morgan fingerprint density at radius 3 is 2.62 bits per heavy atom. The number of hydrogen-bond donors (Lipinski definition) is 2. The van der Waals surface area contributed by atoms with Crippen molar-refractivity contribution in [3.8, 4) is 10.4 Å². The maximum atomic E-state index is 12.8. The SMILES string of the molecule is C[C@@H]1[C@H](NC(=O)c2ccc(-c3cccc(NC(=O)C(F)F)c3)s2)C2CCN1CC2. The molecule has 5 rings (SSSR count). The quantitative estimate of drug-likeness (QED) is 0.774. The standard InChI is InChI=1S/C21H23F2N3O2S/c1-12-18(13-7-9-26(12)10-8-13)25-20(27)17-6-5-16(29-17)14-3-2-4-15(11-14)24-21(28)19(22)23/h2-6,11-13,18-19H,7-10H2,1H3,(H,24,28)(H,25,27)/t12-,18+/m1/s1. The molecule has 2 amide bonds. The average Bonchev–Trinajstić information content (AvgIpc) is 3.21. The first-order valence-electron chi connectivity index (χ1n) is 9.76. The minimum Gasteiger partial charge on any atom is -0.347 e. The summed E-state index contributed by atoms with van der Waals surface area (Å²) in [4.78, 5) is 27.9. The fourth-order valence-electron chi connectivity index (χ4n) is 4.33. The summed E-state index contributed by atoms with van der Waals surface area (Å²) in [7, 11) is 0. The van der Waals surface area contributed by atoms with Crippen LogP contribution in [0.5, 0.6) is 0 Å². The zero-order valence-corrected chi connectivity index (χ0v) is 16.8. The third kappa shape index (κ3) is 4.18. The van der Waals surface area contributed by atoms with E-state index in [2.05, 4.69) is 22.5 Å². The maximum absolute atomic E-state index is 12.8. The predicted molar refractivity (Wildman–Crippen MR) is 109 cm³/mol. The van der Waals surface area contributed by atoms with Gasteiger partial charge in [-0.25, -0.2) is 0 Å². The molecule has 0 unspecified atom stereocenters. The Balaban J connectivity index is 1.46. The molecule has 1 aromatic heterocycles. The lowest BCUT2D eigenvalue weighted by Crippen LogP contribution is -2.62. The van der Waals surface area contributed by atoms with Crippen LogP contribution >= 0.6 is 11.3 Å². The van der Waals surface area contributed by atoms with Crippen molar-refractivity contribution in [1.29, 1.82) is 0 Å². The molecule has 5 nitrogen and oxygen atoms in total. The van der Waals surface area contributed by atoms with Crippen LogP contribution in [0.3, 0.4) is 0 Å². The number of piperidine rings is 3. The molecule has 3 saturated heterocycles. The molecule has 3 fully saturated rings. The molecule has 0 saturated carbocycles. The lowest BCUT2D eigenvalue weighted by molar-refractivity contribution is -0.126. The fraction of sp³-hybridized carbons (Fsp3) is 0.429. The molecule has 29 heavy (non-hydrogen) atoms. The molecule has 4 heterocycles. The first-order chi connectivity index (χ1) is 13.9. The minimum atomic E-state index is -3.07. The van der Waals surface area contributed by atoms with Crippen LogP contribution in [0.15, 0.2) is 36.4 Å². The molecule has 154 valence electrons. The third-order valence-corrected chi connectivity index (χ3v) is 7.05. The Bertz CT molecular complexity index is 907. The van der Waals surface area contributed by atoms with Gasteiger partial charge in [0, 0.05) is 22.6 Å². The van der Waals surface area contributed by atoms with Gasteiger partial charge in [0.25, 0.3) is 11.8 Å². The summed E-state index contributed by atoms with van der Waals surface area (Å²) < 4.78 is 24.9. The van der Waals surface area contributed by atoms with Gasteiger partial charge in [-0.3, -0.25) is 14.5 Å². The fourth-order valence-corrected chi connectivity index (χ4v) is 5.24. The van der Waals surface area contributed by atoms with Crippen molar-refractivity contribution < 1.29 is 18.4 Å². The molecule has 3 aliphatic heterocycles. The number of thiophene rings is 1. The van der Waals surface area contributed by atoms with Crippen LogP contribution in [0.2, 0.25) is 0 Å². The van der Waals surface area contributed by atoms with Gasteiger partial charge in [-0.1, -0.05) is 12.1 Å². The van der Waals surface area contributed by atoms with E-state index in [1.54, 1.807) is 24.3 Å². The van der Waals surface area contributed by atoms with Crippen LogP contribution in [-0.2, 0) is 4.79 Å². The van der Waals surface area contributed by atoms with E-state index in [4.69, 9.17) is 0 Å². The van der Waals surface area contributed by atoms with Crippen molar-refractivity contribution in [1.82, 2.24) is 10.2 Å². The summed E-state index contributed by atoms with van der Waals surface area (Å²) in [5.74, 6) is -0.873. The van der Waals surface area contributed by atoms with Gasteiger partial charge in [-0.15, -0.1) is 11.3 Å². The number of amides is 2. The molecular formula is C21H23F2N3O2S. The van der Waals surface area contributed by atoms with Gasteiger partial charge in [0.15, 0.2) is 0 Å². The number of nitrogens with one attached hydrogen (secondary N) is 2. The second-order valence-electron chi connectivity index (χ2n) is 7.65. The van der Waals surface area contributed by atoms with Gasteiger partial charge in [0.2, 0.25) is 0 Å². The summed E-state index contributed by atoms with van der Waals surface area (Å²) in [6.07, 6.45) is -0.811. The van der Waals surface area contributed by atoms with Gasteiger partial charge in [0.05, 0.1) is 4.88 Å². The minimum absolute atomic E-state index is 0.0750. The van der Waals surface area contributed by atoms with Crippen LogP contribution in [0.4, 0.5) is 14.5 Å². The Hall–Kier alpha value is -2.32. The Kier molecular flexibility index (Phi) is 5.65. The van der Waals surface area contributed by atoms with E-state index < -0.39 is 12.3 Å². The number of carbonyl (C=O) groups is 2. The predicted octanol–water partition coefficient (Wildman–Crippen LogP) is 3.83. The number of carbonyl (C=O) groups excluding carboxylic acids is 2. The second kappa shape index (κ2) is 8.20. The topological polar surface area (TPSA) is 61.4 Å². The summed E-state index contributed by atoms with van der Waals surface area (Å²) in [5, 5.41) is 5.41. The maximum Gasteiger partial charge on any atom is 0.315 e. The number of alkyl halides is 2. The van der Waals surface area contributed by atoms with Crippen molar-refractivity contribution in [2.75, 3.05) is 18.4 Å². The first-order valence-corrected chi connectivity index (χ1v) is 10.6. The van der Waals surface area contributed by atoms with Crippen molar-refractivity contribution in [2.45, 2.75) is 38.3 Å². The van der Waals surface area contributed by atoms with Crippen molar-refractivity contribution in [3.63, 3.8) is 0 Å². The van der Waals surface area contributed by atoms with E-state index >= 15 is 0 Å². The van der Waals surface area contributed by atoms with Gasteiger partial charge in [-0.2, -0.15) is 8.78 Å². The zero-order chi connectivity index (χ0) is 20.5. The lowest BCUT2D eigenvalue weighted by Gasteiger charge is -2.49. The molecule has 3 aliphatic rings. The highest BCUT2D eigenvalue weighted by molar-refractivity contribution is 7.17. The molecule has 0 spiro atoms. The highest BCUT2D eigenvalue weighted by Gasteiger charge is 2.40. The van der Waals surface area contributed by atoms with E-state index in [9.17, 15) is 18.4 Å². The summed E-state index contributed by atoms with van der Waals surface area (Å²) in [6, 6.07) is 10.8. The van der Waals surface area contributed by atoms with Crippen LogP contribution in [0.25, 0.3) is 10.4 Å². The number of rotatable bonds is 5. The molecule has 0 radical (unpaired) electrons. The normalized spacial score (nSPS) is 25.8. The number of halogens is 2. The average molecular weight is 419 g/mol. The zero-order valence-electron chi connectivity index (χ0n) is 16.0. The van der Waals surface area contributed by atoms with Crippen LogP contribution in [0.1, 0.15) is 29.4 Å². The first kappa shape index (κ1) is 20.0. The van der Waals surface area contributed by atoms with Crippen LogP contribution in [-0.4, -0.2) is 48.3 Å². The van der Waals surface area contributed by atoms with E-state index in [0.717, 1.165) is 36.4 Å². The van der Waals surface area contributed by atoms with E-state index in [-0.39, 0.29) is 11.9 Å². The smallest absolute Gasteiger partial charge is 0.315 e. The van der Waals surface area contributed by atoms with Crippen LogP contribution < -0.4 is 10.6 Å². The van der Waals surface area contributed by atoms with Gasteiger partial charge >= 0.3 is 6.43 Å². The Morgan fingerprint density at radius 1 is 1.17 bits per heavy atom. The van der Waals surface area contributed by atoms with Gasteiger partial charge in [-0.05, 0) is 68.6 Å². The summed E-state index contributed by atoms with van der Waals surface area (Å²) >= 11 is 1.35. The van der Waals surface area contributed by atoms with Gasteiger partial charge < -0.3 is 10.6 Å². The number of hydrogen-bond acceptors (Lipinski definition) is 4. The molecular weight excluding hydrogens is 396 g/mol. The molecule has 0 aliphatic carbocycles. The lowest BCUT2D eigenvalue weighted by atomic mass is 9.79. The number of anilines is 1. The summed E-state index contributed by atoms with van der Waals surface area (Å²) in [6.45, 7) is 4.40. The monoisotopic (exact) mass is 419 g/mol. The van der Waals surface area contributed by atoms with Crippen molar-refractivity contribution >= 4 is 28.8 Å². The van der Waals surface area contributed by atoms with E-state index in [0.29, 0.717) is 22.5 Å². The van der Waals surface area contributed by atoms with E-state index in [1.807, 2.05) is 12.1 Å². The van der Waals surface area contributed by atoms with Gasteiger partial charge in [0.1, 0.15) is 0 Å². The highest BCUT2D eigenvalue weighted by Crippen LogP contribution is 2.33. The van der Waals surface area contributed by atoms with Crippen LogP contribution in [0, 0.1) is 5.92 Å². The summed E-state index contributed by atoms with van der Waals surface area (Å²) in [5.41, 5.74) is 1.06. The number of benzene rings is 1. The Morgan fingerprint density at radius 2 is 1.93 bits per heavy atom. The molecule has 2 aromatic rings. The molecule has 2 atom stereocenters. The molecule has 1 aromatic carbocycles. The highest BCUT2D eigenvalue weighted by atomic mass is 32.1. The van der Waals surface area contributed by atoms with Crippen molar-refractivity contribution in [3.05, 3.63) is 41.3 Å². The third-order valence-electron chi connectivity index (χ3n) is 5.92. The Labute approximate surface area is 172 Å². The molecule has 8 heteroatoms. The number of nitrogens with zero attached hydrogens (tertiary/aromatic N) is 1. The number of fused-ring (bicyclic) bond motifs is 3. The van der Waals surface area contributed by atoms with E-state index in [1.165, 1.54) is 11.3 Å². The largest absolute Gasteiger partial charge is 0.347 e. The second-order valence-corrected chi connectivity index (χ2v) is 8.73. The van der Waals surface area contributed by atoms with Crippen molar-refractivity contribution in [2.24, 2.45) is 5.92 Å². The molecule has 2 N–H and O–H groups in total. The molecule has 2 bridgehead atoms.